The highest BCUT2D eigenvalue weighted by Crippen LogP contribution is 2.32. The van der Waals surface area contributed by atoms with Crippen molar-refractivity contribution in [3.8, 4) is 28.5 Å². The Morgan fingerprint density at radius 1 is 0.931 bits per heavy atom. The van der Waals surface area contributed by atoms with E-state index in [2.05, 4.69) is 41.7 Å². The summed E-state index contributed by atoms with van der Waals surface area (Å²) in [5.41, 5.74) is 5.78. The number of nitrogens with one attached hydrogen (secondary N) is 1. The van der Waals surface area contributed by atoms with Crippen LogP contribution in [0.4, 0.5) is 0 Å². The summed E-state index contributed by atoms with van der Waals surface area (Å²) in [6.45, 7) is 2.59. The quantitative estimate of drug-likeness (QED) is 0.504. The molecule has 0 aliphatic carbocycles. The molecule has 0 fully saturated rings. The Labute approximate surface area is 167 Å². The summed E-state index contributed by atoms with van der Waals surface area (Å²) in [5, 5.41) is 4.23. The van der Waals surface area contributed by atoms with Crippen molar-refractivity contribution in [2.45, 2.75) is 13.5 Å². The van der Waals surface area contributed by atoms with Crippen LogP contribution in [-0.4, -0.2) is 39.3 Å². The lowest BCUT2D eigenvalue weighted by Gasteiger charge is -2.12. The van der Waals surface area contributed by atoms with E-state index in [4.69, 9.17) is 4.98 Å². The van der Waals surface area contributed by atoms with E-state index in [1.165, 1.54) is 6.33 Å². The third-order valence-electron chi connectivity index (χ3n) is 4.78. The molecule has 29 heavy (non-hydrogen) atoms. The number of nitrogens with zero attached hydrogens (tertiary/aromatic N) is 7. The minimum absolute atomic E-state index is 0.574. The summed E-state index contributed by atoms with van der Waals surface area (Å²) in [7, 11) is 0. The van der Waals surface area contributed by atoms with Crippen LogP contribution < -0.4 is 0 Å². The molecule has 0 atom stereocenters. The monoisotopic (exact) mass is 382 g/mol. The Morgan fingerprint density at radius 3 is 2.59 bits per heavy atom. The molecule has 4 aromatic heterocycles. The molecule has 0 aliphatic heterocycles. The van der Waals surface area contributed by atoms with Gasteiger partial charge >= 0.3 is 0 Å². The smallest absolute Gasteiger partial charge is 0.160 e. The van der Waals surface area contributed by atoms with Crippen LogP contribution in [-0.2, 0) is 6.54 Å². The van der Waals surface area contributed by atoms with Crippen LogP contribution in [0.5, 0.6) is 0 Å². The van der Waals surface area contributed by atoms with Gasteiger partial charge in [0, 0.05) is 23.0 Å². The van der Waals surface area contributed by atoms with E-state index >= 15 is 0 Å². The molecule has 4 heterocycles. The molecule has 0 aliphatic rings. The van der Waals surface area contributed by atoms with Crippen LogP contribution in [0.3, 0.4) is 0 Å². The molecule has 0 unspecified atom stereocenters. The summed E-state index contributed by atoms with van der Waals surface area (Å²) >= 11 is 0. The number of imidazole rings is 2. The van der Waals surface area contributed by atoms with Crippen LogP contribution in [0.15, 0.2) is 74.0 Å². The van der Waals surface area contributed by atoms with Gasteiger partial charge < -0.3 is 9.55 Å². The minimum Gasteiger partial charge on any atom is -0.348 e. The number of hydrogen-bond acceptors (Lipinski definition) is 5. The molecule has 5 aromatic rings. The molecule has 142 valence electrons. The van der Waals surface area contributed by atoms with Crippen LogP contribution in [0.2, 0.25) is 0 Å². The second kappa shape index (κ2) is 7.16. The number of benzene rings is 1. The van der Waals surface area contributed by atoms with Gasteiger partial charge in [-0.25, -0.2) is 24.6 Å². The first-order valence-corrected chi connectivity index (χ1v) is 9.21. The van der Waals surface area contributed by atoms with Crippen LogP contribution in [0.25, 0.3) is 28.5 Å². The van der Waals surface area contributed by atoms with E-state index in [9.17, 15) is 0 Å². The van der Waals surface area contributed by atoms with E-state index < -0.39 is 0 Å². The Balaban J connectivity index is 1.64. The normalized spacial score (nSPS) is 11.1. The fourth-order valence-electron chi connectivity index (χ4n) is 3.42. The lowest BCUT2D eigenvalue weighted by Crippen LogP contribution is -2.08. The lowest BCUT2D eigenvalue weighted by atomic mass is 10.1. The maximum absolute atomic E-state index is 4.73. The molecular weight excluding hydrogens is 364 g/mol. The molecule has 0 saturated heterocycles. The summed E-state index contributed by atoms with van der Waals surface area (Å²) in [6.07, 6.45) is 8.46. The number of pyridine rings is 1. The number of aromatic amines is 1. The predicted molar refractivity (Wildman–Crippen MR) is 108 cm³/mol. The maximum Gasteiger partial charge on any atom is 0.160 e. The van der Waals surface area contributed by atoms with Crippen molar-refractivity contribution in [1.29, 1.82) is 0 Å². The SMILES string of the molecule is Cc1[nH]cnc1-c1c(-c2ccccc2)ncn1Cc1cccnc1-n1cncn1. The molecule has 0 amide bonds. The number of hydrogen-bond donors (Lipinski definition) is 1. The first-order valence-electron chi connectivity index (χ1n) is 9.21. The molecule has 0 saturated carbocycles. The Hall–Kier alpha value is -4.07. The summed E-state index contributed by atoms with van der Waals surface area (Å²) < 4.78 is 3.77. The predicted octanol–water partition coefficient (Wildman–Crippen LogP) is 3.27. The third-order valence-corrected chi connectivity index (χ3v) is 4.78. The molecule has 0 spiro atoms. The van der Waals surface area contributed by atoms with Crippen LogP contribution in [0, 0.1) is 6.92 Å². The molecule has 1 aromatic carbocycles. The van der Waals surface area contributed by atoms with Gasteiger partial charge in [-0.15, -0.1) is 0 Å². The van der Waals surface area contributed by atoms with Gasteiger partial charge in [-0.2, -0.15) is 5.10 Å². The van der Waals surface area contributed by atoms with E-state index in [0.717, 1.165) is 39.7 Å². The highest BCUT2D eigenvalue weighted by atomic mass is 15.3. The largest absolute Gasteiger partial charge is 0.348 e. The first kappa shape index (κ1) is 17.1. The minimum atomic E-state index is 0.574. The van der Waals surface area contributed by atoms with Gasteiger partial charge in [0.15, 0.2) is 5.82 Å². The summed E-state index contributed by atoms with van der Waals surface area (Å²) in [4.78, 5) is 21.0. The van der Waals surface area contributed by atoms with Gasteiger partial charge in [-0.05, 0) is 13.0 Å². The number of aryl methyl sites for hydroxylation is 1. The lowest BCUT2D eigenvalue weighted by molar-refractivity contribution is 0.762. The van der Waals surface area contributed by atoms with Crippen LogP contribution in [0.1, 0.15) is 11.3 Å². The van der Waals surface area contributed by atoms with Crippen LogP contribution >= 0.6 is 0 Å². The van der Waals surface area contributed by atoms with Crippen molar-refractivity contribution >= 4 is 0 Å². The van der Waals surface area contributed by atoms with Crippen molar-refractivity contribution in [1.82, 2.24) is 39.3 Å². The molecule has 0 bridgehead atoms. The van der Waals surface area contributed by atoms with Gasteiger partial charge in [-0.3, -0.25) is 0 Å². The Kier molecular flexibility index (Phi) is 4.21. The van der Waals surface area contributed by atoms with Crippen molar-refractivity contribution < 1.29 is 0 Å². The van der Waals surface area contributed by atoms with E-state index in [1.807, 2.05) is 43.6 Å². The van der Waals surface area contributed by atoms with Crippen molar-refractivity contribution in [3.05, 3.63) is 85.2 Å². The average molecular weight is 382 g/mol. The second-order valence-corrected chi connectivity index (χ2v) is 6.64. The maximum atomic E-state index is 4.73. The topological polar surface area (TPSA) is 90.1 Å². The summed E-state index contributed by atoms with van der Waals surface area (Å²) in [6, 6.07) is 14.1. The average Bonchev–Trinajstić information content (AvgIpc) is 3.50. The van der Waals surface area contributed by atoms with Gasteiger partial charge in [0.05, 0.1) is 30.6 Å². The molecule has 8 heteroatoms. The zero-order valence-electron chi connectivity index (χ0n) is 15.8. The fourth-order valence-corrected chi connectivity index (χ4v) is 3.42. The third kappa shape index (κ3) is 3.10. The van der Waals surface area contributed by atoms with Crippen molar-refractivity contribution in [2.24, 2.45) is 0 Å². The molecular formula is C21H18N8. The standard InChI is InChI=1S/C21H18N8/c1-15-18(25-12-24-15)20-19(16-6-3-2-4-7-16)26-14-28(20)10-17-8-5-9-23-21(17)29-13-22-11-27-29/h2-9,11-14H,10H2,1H3,(H,24,25). The molecule has 8 nitrogen and oxygen atoms in total. The van der Waals surface area contributed by atoms with Gasteiger partial charge in [0.1, 0.15) is 18.3 Å². The second-order valence-electron chi connectivity index (χ2n) is 6.64. The zero-order chi connectivity index (χ0) is 19.6. The highest BCUT2D eigenvalue weighted by molar-refractivity contribution is 5.77. The summed E-state index contributed by atoms with van der Waals surface area (Å²) in [5.74, 6) is 0.740. The van der Waals surface area contributed by atoms with Crippen molar-refractivity contribution in [3.63, 3.8) is 0 Å². The van der Waals surface area contributed by atoms with E-state index in [0.29, 0.717) is 6.54 Å². The van der Waals surface area contributed by atoms with Gasteiger partial charge in [0.25, 0.3) is 0 Å². The number of rotatable bonds is 5. The van der Waals surface area contributed by atoms with Gasteiger partial charge in [-0.1, -0.05) is 36.4 Å². The highest BCUT2D eigenvalue weighted by Gasteiger charge is 2.19. The Morgan fingerprint density at radius 2 is 1.83 bits per heavy atom. The van der Waals surface area contributed by atoms with E-state index in [-0.39, 0.29) is 0 Å². The van der Waals surface area contributed by atoms with Gasteiger partial charge in [0.2, 0.25) is 0 Å². The van der Waals surface area contributed by atoms with Crippen molar-refractivity contribution in [2.75, 3.05) is 0 Å². The molecule has 1 N–H and O–H groups in total. The number of H-pyrrole nitrogens is 1. The molecule has 0 radical (unpaired) electrons. The van der Waals surface area contributed by atoms with E-state index in [1.54, 1.807) is 23.5 Å². The Bertz CT molecular complexity index is 1230. The zero-order valence-corrected chi connectivity index (χ0v) is 15.8. The fraction of sp³-hybridized carbons (Fsp3) is 0.0952. The molecule has 5 rings (SSSR count). The number of aromatic nitrogens is 8. The first-order chi connectivity index (χ1) is 14.3.